The van der Waals surface area contributed by atoms with Gasteiger partial charge in [-0.15, -0.1) is 11.3 Å². The molecule has 0 spiro atoms. The summed E-state index contributed by atoms with van der Waals surface area (Å²) in [6, 6.07) is 3.77. The predicted octanol–water partition coefficient (Wildman–Crippen LogP) is 4.28. The molecule has 0 radical (unpaired) electrons. The summed E-state index contributed by atoms with van der Waals surface area (Å²) in [6.07, 6.45) is 1.69. The van der Waals surface area contributed by atoms with E-state index in [1.807, 2.05) is 19.1 Å². The number of halogens is 2. The second-order valence-corrected chi connectivity index (χ2v) is 6.92. The third-order valence-electron chi connectivity index (χ3n) is 2.58. The molecule has 20 heavy (non-hydrogen) atoms. The first-order chi connectivity index (χ1) is 9.54. The van der Waals surface area contributed by atoms with Crippen LogP contribution < -0.4 is 5.73 Å². The van der Waals surface area contributed by atoms with Gasteiger partial charge in [-0.1, -0.05) is 5.16 Å². The Morgan fingerprint density at radius 3 is 2.75 bits per heavy atom. The van der Waals surface area contributed by atoms with Crippen LogP contribution >= 0.6 is 43.2 Å². The van der Waals surface area contributed by atoms with Gasteiger partial charge in [-0.25, -0.2) is 0 Å². The highest BCUT2D eigenvalue weighted by atomic mass is 79.9. The average molecular weight is 416 g/mol. The van der Waals surface area contributed by atoms with Crippen molar-refractivity contribution in [2.45, 2.75) is 6.92 Å². The molecule has 102 valence electrons. The second kappa shape index (κ2) is 5.27. The van der Waals surface area contributed by atoms with E-state index in [4.69, 9.17) is 10.3 Å². The largest absolute Gasteiger partial charge is 0.391 e. The van der Waals surface area contributed by atoms with E-state index in [1.165, 1.54) is 11.3 Å². The van der Waals surface area contributed by atoms with Gasteiger partial charge in [-0.05, 0) is 56.5 Å². The fraction of sp³-hybridized carbons (Fsp3) is 0.0833. The van der Waals surface area contributed by atoms with Crippen molar-refractivity contribution in [2.75, 3.05) is 5.73 Å². The van der Waals surface area contributed by atoms with Crippen LogP contribution in [-0.4, -0.2) is 15.1 Å². The van der Waals surface area contributed by atoms with Crippen LogP contribution in [0.1, 0.15) is 5.56 Å². The van der Waals surface area contributed by atoms with Gasteiger partial charge in [0.2, 0.25) is 5.82 Å². The van der Waals surface area contributed by atoms with Crippen molar-refractivity contribution >= 4 is 48.2 Å². The van der Waals surface area contributed by atoms with Gasteiger partial charge >= 0.3 is 0 Å². The zero-order valence-electron chi connectivity index (χ0n) is 10.2. The normalized spacial score (nSPS) is 10.9. The van der Waals surface area contributed by atoms with Gasteiger partial charge in [0.05, 0.1) is 9.88 Å². The fourth-order valence-corrected chi connectivity index (χ4v) is 3.74. The highest BCUT2D eigenvalue weighted by Gasteiger charge is 2.17. The summed E-state index contributed by atoms with van der Waals surface area (Å²) >= 11 is 8.21. The van der Waals surface area contributed by atoms with Crippen molar-refractivity contribution < 1.29 is 4.52 Å². The summed E-state index contributed by atoms with van der Waals surface area (Å²) in [6.45, 7) is 1.96. The number of hydrogen-bond donors (Lipinski definition) is 1. The van der Waals surface area contributed by atoms with Crippen molar-refractivity contribution in [2.24, 2.45) is 0 Å². The number of rotatable bonds is 2. The third kappa shape index (κ3) is 2.50. The van der Waals surface area contributed by atoms with Gasteiger partial charge in [0, 0.05) is 15.1 Å². The van der Waals surface area contributed by atoms with E-state index in [-0.39, 0.29) is 0 Å². The van der Waals surface area contributed by atoms with Gasteiger partial charge < -0.3 is 10.3 Å². The second-order valence-electron chi connectivity index (χ2n) is 4.07. The SMILES string of the molecule is Cc1cc(N)sc1-c1nc(-c2ncc(Br)cc2Br)no1. The van der Waals surface area contributed by atoms with E-state index < -0.39 is 0 Å². The van der Waals surface area contributed by atoms with Crippen molar-refractivity contribution in [3.8, 4) is 22.3 Å². The zero-order valence-corrected chi connectivity index (χ0v) is 14.2. The van der Waals surface area contributed by atoms with E-state index in [2.05, 4.69) is 47.0 Å². The van der Waals surface area contributed by atoms with Crippen LogP contribution in [0.2, 0.25) is 0 Å². The van der Waals surface area contributed by atoms with Crippen molar-refractivity contribution in [1.82, 2.24) is 15.1 Å². The number of aryl methyl sites for hydroxylation is 1. The Labute approximate surface area is 135 Å². The number of anilines is 1. The lowest BCUT2D eigenvalue weighted by molar-refractivity contribution is 0.433. The summed E-state index contributed by atoms with van der Waals surface area (Å²) in [5, 5.41) is 4.70. The molecular formula is C12H8Br2N4OS. The minimum Gasteiger partial charge on any atom is -0.391 e. The molecule has 0 aromatic carbocycles. The molecule has 3 aromatic heterocycles. The summed E-state index contributed by atoms with van der Waals surface area (Å²) in [5.74, 6) is 0.890. The smallest absolute Gasteiger partial charge is 0.268 e. The van der Waals surface area contributed by atoms with E-state index in [9.17, 15) is 0 Å². The highest BCUT2D eigenvalue weighted by Crippen LogP contribution is 2.34. The number of nitrogens with two attached hydrogens (primary N) is 1. The van der Waals surface area contributed by atoms with Gasteiger partial charge in [0.25, 0.3) is 5.89 Å². The molecule has 3 heterocycles. The number of nitrogen functional groups attached to an aromatic ring is 1. The summed E-state index contributed by atoms with van der Waals surface area (Å²) in [5.41, 5.74) is 7.43. The zero-order chi connectivity index (χ0) is 14.3. The Hall–Kier alpha value is -1.25. The van der Waals surface area contributed by atoms with Crippen molar-refractivity contribution in [3.63, 3.8) is 0 Å². The maximum atomic E-state index is 5.78. The number of aromatic nitrogens is 3. The molecule has 0 aliphatic heterocycles. The van der Waals surface area contributed by atoms with Crippen LogP contribution in [0, 0.1) is 6.92 Å². The Morgan fingerprint density at radius 2 is 2.10 bits per heavy atom. The van der Waals surface area contributed by atoms with Gasteiger partial charge in [0.15, 0.2) is 0 Å². The molecule has 0 saturated heterocycles. The molecule has 0 saturated carbocycles. The molecule has 0 fully saturated rings. The van der Waals surface area contributed by atoms with Gasteiger partial charge in [0.1, 0.15) is 5.69 Å². The number of thiophene rings is 1. The molecule has 0 bridgehead atoms. The number of nitrogens with zero attached hydrogens (tertiary/aromatic N) is 3. The monoisotopic (exact) mass is 414 g/mol. The molecular weight excluding hydrogens is 408 g/mol. The van der Waals surface area contributed by atoms with Crippen LogP contribution in [0.5, 0.6) is 0 Å². The first-order valence-corrected chi connectivity index (χ1v) is 7.96. The molecule has 3 rings (SSSR count). The number of hydrogen-bond acceptors (Lipinski definition) is 6. The number of pyridine rings is 1. The molecule has 2 N–H and O–H groups in total. The Kier molecular flexibility index (Phi) is 3.61. The maximum Gasteiger partial charge on any atom is 0.268 e. The Bertz CT molecular complexity index is 784. The Balaban J connectivity index is 2.04. The average Bonchev–Trinajstić information content (AvgIpc) is 2.96. The van der Waals surface area contributed by atoms with E-state index >= 15 is 0 Å². The van der Waals surface area contributed by atoms with Crippen molar-refractivity contribution in [1.29, 1.82) is 0 Å². The van der Waals surface area contributed by atoms with E-state index in [0.29, 0.717) is 17.4 Å². The molecule has 0 atom stereocenters. The summed E-state index contributed by atoms with van der Waals surface area (Å²) < 4.78 is 6.97. The maximum absolute atomic E-state index is 5.78. The first-order valence-electron chi connectivity index (χ1n) is 5.56. The fourth-order valence-electron chi connectivity index (χ4n) is 1.71. The first kappa shape index (κ1) is 13.7. The quantitative estimate of drug-likeness (QED) is 0.675. The Morgan fingerprint density at radius 1 is 1.30 bits per heavy atom. The van der Waals surface area contributed by atoms with Crippen LogP contribution in [0.25, 0.3) is 22.3 Å². The molecule has 0 aliphatic carbocycles. The van der Waals surface area contributed by atoms with Crippen molar-refractivity contribution in [3.05, 3.63) is 32.8 Å². The molecule has 3 aromatic rings. The lowest BCUT2D eigenvalue weighted by Gasteiger charge is -1.97. The van der Waals surface area contributed by atoms with Gasteiger partial charge in [-0.2, -0.15) is 4.98 Å². The molecule has 0 amide bonds. The standard InChI is InChI=1S/C12H8Br2N4OS/c1-5-2-8(15)20-10(5)12-17-11(18-19-12)9-7(14)3-6(13)4-16-9/h2-4H,15H2,1H3. The summed E-state index contributed by atoms with van der Waals surface area (Å²) in [7, 11) is 0. The van der Waals surface area contributed by atoms with Crippen LogP contribution in [0.3, 0.4) is 0 Å². The minimum absolute atomic E-state index is 0.436. The molecule has 0 aliphatic rings. The van der Waals surface area contributed by atoms with E-state index in [0.717, 1.165) is 24.4 Å². The molecule has 0 unspecified atom stereocenters. The topological polar surface area (TPSA) is 77.8 Å². The lowest BCUT2D eigenvalue weighted by atomic mass is 10.3. The van der Waals surface area contributed by atoms with Crippen LogP contribution in [0.4, 0.5) is 5.00 Å². The van der Waals surface area contributed by atoms with Gasteiger partial charge in [-0.3, -0.25) is 4.98 Å². The summed E-state index contributed by atoms with van der Waals surface area (Å²) in [4.78, 5) is 9.55. The minimum atomic E-state index is 0.436. The third-order valence-corrected chi connectivity index (χ3v) is 4.67. The predicted molar refractivity (Wildman–Crippen MR) is 85.4 cm³/mol. The molecule has 8 heteroatoms. The van der Waals surface area contributed by atoms with E-state index in [1.54, 1.807) is 6.20 Å². The van der Waals surface area contributed by atoms with Crippen LogP contribution in [0.15, 0.2) is 31.8 Å². The lowest BCUT2D eigenvalue weighted by Crippen LogP contribution is -1.87. The molecule has 5 nitrogen and oxygen atoms in total. The van der Waals surface area contributed by atoms with Crippen LogP contribution in [-0.2, 0) is 0 Å². The highest BCUT2D eigenvalue weighted by molar-refractivity contribution is 9.11.